The van der Waals surface area contributed by atoms with Crippen LogP contribution in [0, 0.1) is 0 Å². The maximum absolute atomic E-state index is 4.41. The Kier molecular flexibility index (Phi) is 2.26. The molecule has 0 saturated carbocycles. The molecular weight excluding hydrogens is 264 g/mol. The zero-order valence-corrected chi connectivity index (χ0v) is 10.1. The van der Waals surface area contributed by atoms with Gasteiger partial charge in [0, 0.05) is 9.86 Å². The van der Waals surface area contributed by atoms with Gasteiger partial charge in [0.1, 0.15) is 0 Å². The highest BCUT2D eigenvalue weighted by molar-refractivity contribution is 9.10. The van der Waals surface area contributed by atoms with Gasteiger partial charge >= 0.3 is 0 Å². The summed E-state index contributed by atoms with van der Waals surface area (Å²) >= 11 is 3.56. The Balaban J connectivity index is 2.33. The fourth-order valence-corrected chi connectivity index (χ4v) is 2.35. The van der Waals surface area contributed by atoms with E-state index in [0.29, 0.717) is 0 Å². The number of para-hydroxylation sites is 2. The van der Waals surface area contributed by atoms with E-state index in [-0.39, 0.29) is 0 Å². The van der Waals surface area contributed by atoms with Gasteiger partial charge in [-0.3, -0.25) is 0 Å². The van der Waals surface area contributed by atoms with Gasteiger partial charge in [-0.2, -0.15) is 5.10 Å². The number of hydrogen-bond donors (Lipinski definition) is 0. The lowest BCUT2D eigenvalue weighted by Crippen LogP contribution is -1.95. The summed E-state index contributed by atoms with van der Waals surface area (Å²) < 4.78 is 3.01. The molecule has 0 unspecified atom stereocenters. The Labute approximate surface area is 102 Å². The highest BCUT2D eigenvalue weighted by atomic mass is 79.9. The second-order valence-electron chi connectivity index (χ2n) is 3.57. The Hall–Kier alpha value is -1.61. The molecule has 0 aliphatic rings. The van der Waals surface area contributed by atoms with Gasteiger partial charge in [-0.15, -0.1) is 0 Å². The van der Waals surface area contributed by atoms with Crippen molar-refractivity contribution in [1.82, 2.24) is 9.78 Å². The van der Waals surface area contributed by atoms with Crippen molar-refractivity contribution in [2.75, 3.05) is 0 Å². The highest BCUT2D eigenvalue weighted by Crippen LogP contribution is 2.25. The quantitative estimate of drug-likeness (QED) is 0.659. The van der Waals surface area contributed by atoms with E-state index in [9.17, 15) is 0 Å². The van der Waals surface area contributed by atoms with E-state index < -0.39 is 0 Å². The molecule has 0 bridgehead atoms. The Morgan fingerprint density at radius 1 is 0.938 bits per heavy atom. The first kappa shape index (κ1) is 9.60. The van der Waals surface area contributed by atoms with Crippen LogP contribution in [0.5, 0.6) is 0 Å². The van der Waals surface area contributed by atoms with Gasteiger partial charge in [0.15, 0.2) is 0 Å². The summed E-state index contributed by atoms with van der Waals surface area (Å²) in [6.07, 6.45) is 1.88. The zero-order valence-electron chi connectivity index (χ0n) is 8.47. The van der Waals surface area contributed by atoms with Crippen molar-refractivity contribution in [2.45, 2.75) is 0 Å². The second-order valence-corrected chi connectivity index (χ2v) is 4.42. The van der Waals surface area contributed by atoms with E-state index in [1.165, 1.54) is 0 Å². The number of benzene rings is 2. The molecule has 0 spiro atoms. The van der Waals surface area contributed by atoms with Crippen LogP contribution in [0.3, 0.4) is 0 Å². The van der Waals surface area contributed by atoms with E-state index in [1.807, 2.05) is 53.3 Å². The van der Waals surface area contributed by atoms with Gasteiger partial charge < -0.3 is 0 Å². The standard InChI is InChI=1S/C13H9BrN2/c14-12-8-4-5-10-9-15-16(13(10)12)11-6-2-1-3-7-11/h1-9H. The van der Waals surface area contributed by atoms with E-state index in [4.69, 9.17) is 0 Å². The minimum Gasteiger partial charge on any atom is -0.232 e. The van der Waals surface area contributed by atoms with Crippen LogP contribution in [0.4, 0.5) is 0 Å². The summed E-state index contributed by atoms with van der Waals surface area (Å²) in [7, 11) is 0. The van der Waals surface area contributed by atoms with Crippen LogP contribution in [-0.4, -0.2) is 9.78 Å². The number of aromatic nitrogens is 2. The molecule has 0 N–H and O–H groups in total. The molecule has 2 aromatic carbocycles. The van der Waals surface area contributed by atoms with Crippen LogP contribution in [0.2, 0.25) is 0 Å². The number of rotatable bonds is 1. The Bertz CT molecular complexity index is 629. The second kappa shape index (κ2) is 3.76. The molecule has 3 rings (SSSR count). The fourth-order valence-electron chi connectivity index (χ4n) is 1.80. The molecule has 0 aliphatic carbocycles. The van der Waals surface area contributed by atoms with Crippen LogP contribution in [0.1, 0.15) is 0 Å². The van der Waals surface area contributed by atoms with Crippen molar-refractivity contribution < 1.29 is 0 Å². The summed E-state index contributed by atoms with van der Waals surface area (Å²) in [5, 5.41) is 5.55. The third kappa shape index (κ3) is 1.44. The summed E-state index contributed by atoms with van der Waals surface area (Å²) in [4.78, 5) is 0. The lowest BCUT2D eigenvalue weighted by atomic mass is 10.2. The van der Waals surface area contributed by atoms with Crippen molar-refractivity contribution in [3.05, 3.63) is 59.2 Å². The van der Waals surface area contributed by atoms with Crippen LogP contribution in [-0.2, 0) is 0 Å². The minimum atomic E-state index is 1.06. The molecule has 0 radical (unpaired) electrons. The topological polar surface area (TPSA) is 17.8 Å². The first-order chi connectivity index (χ1) is 7.86. The molecule has 1 heterocycles. The molecule has 0 amide bonds. The van der Waals surface area contributed by atoms with E-state index in [0.717, 1.165) is 21.1 Å². The van der Waals surface area contributed by atoms with Crippen molar-refractivity contribution in [3.8, 4) is 5.69 Å². The third-order valence-electron chi connectivity index (χ3n) is 2.54. The number of nitrogens with zero attached hydrogens (tertiary/aromatic N) is 2. The van der Waals surface area contributed by atoms with E-state index >= 15 is 0 Å². The van der Waals surface area contributed by atoms with Crippen molar-refractivity contribution in [1.29, 1.82) is 0 Å². The third-order valence-corrected chi connectivity index (χ3v) is 3.18. The number of halogens is 1. The van der Waals surface area contributed by atoms with Crippen LogP contribution in [0.25, 0.3) is 16.6 Å². The molecule has 16 heavy (non-hydrogen) atoms. The molecule has 0 atom stereocenters. The van der Waals surface area contributed by atoms with Crippen molar-refractivity contribution in [2.24, 2.45) is 0 Å². The maximum atomic E-state index is 4.41. The fraction of sp³-hybridized carbons (Fsp3) is 0. The molecular formula is C13H9BrN2. The van der Waals surface area contributed by atoms with E-state index in [2.05, 4.69) is 27.1 Å². The molecule has 78 valence electrons. The lowest BCUT2D eigenvalue weighted by Gasteiger charge is -2.04. The normalized spacial score (nSPS) is 10.8. The van der Waals surface area contributed by atoms with Gasteiger partial charge in [0.25, 0.3) is 0 Å². The predicted molar refractivity (Wildman–Crippen MR) is 68.8 cm³/mol. The molecule has 0 saturated heterocycles. The average molecular weight is 273 g/mol. The molecule has 3 aromatic rings. The van der Waals surface area contributed by atoms with Gasteiger partial charge in [0.2, 0.25) is 0 Å². The van der Waals surface area contributed by atoms with Crippen molar-refractivity contribution >= 4 is 26.8 Å². The molecule has 2 nitrogen and oxygen atoms in total. The van der Waals surface area contributed by atoms with Gasteiger partial charge in [-0.1, -0.05) is 30.3 Å². The average Bonchev–Trinajstić information content (AvgIpc) is 2.75. The van der Waals surface area contributed by atoms with Gasteiger partial charge in [-0.25, -0.2) is 4.68 Å². The summed E-state index contributed by atoms with van der Waals surface area (Å²) in [5.74, 6) is 0. The van der Waals surface area contributed by atoms with Gasteiger partial charge in [0.05, 0.1) is 17.4 Å². The summed E-state index contributed by atoms with van der Waals surface area (Å²) in [5.41, 5.74) is 2.18. The van der Waals surface area contributed by atoms with Crippen molar-refractivity contribution in [3.63, 3.8) is 0 Å². The summed E-state index contributed by atoms with van der Waals surface area (Å²) in [6, 6.07) is 16.2. The molecule has 0 aliphatic heterocycles. The smallest absolute Gasteiger partial charge is 0.0882 e. The molecule has 0 fully saturated rings. The monoisotopic (exact) mass is 272 g/mol. The Morgan fingerprint density at radius 3 is 2.56 bits per heavy atom. The number of fused-ring (bicyclic) bond motifs is 1. The highest BCUT2D eigenvalue weighted by Gasteiger charge is 2.06. The van der Waals surface area contributed by atoms with E-state index in [1.54, 1.807) is 0 Å². The molecule has 3 heteroatoms. The summed E-state index contributed by atoms with van der Waals surface area (Å²) in [6.45, 7) is 0. The van der Waals surface area contributed by atoms with Crippen LogP contribution >= 0.6 is 15.9 Å². The predicted octanol–water partition coefficient (Wildman–Crippen LogP) is 3.79. The first-order valence-electron chi connectivity index (χ1n) is 5.04. The SMILES string of the molecule is Brc1cccc2cnn(-c3ccccc3)c12. The van der Waals surface area contributed by atoms with Crippen LogP contribution < -0.4 is 0 Å². The minimum absolute atomic E-state index is 1.06. The first-order valence-corrected chi connectivity index (χ1v) is 5.83. The van der Waals surface area contributed by atoms with Gasteiger partial charge in [-0.05, 0) is 34.1 Å². The van der Waals surface area contributed by atoms with Crippen LogP contribution in [0.15, 0.2) is 59.2 Å². The number of hydrogen-bond acceptors (Lipinski definition) is 1. The zero-order chi connectivity index (χ0) is 11.0. The largest absolute Gasteiger partial charge is 0.232 e. The lowest BCUT2D eigenvalue weighted by molar-refractivity contribution is 0.909. The Morgan fingerprint density at radius 2 is 1.75 bits per heavy atom. The molecule has 1 aromatic heterocycles. The maximum Gasteiger partial charge on any atom is 0.0882 e.